The van der Waals surface area contributed by atoms with Gasteiger partial charge in [-0.15, -0.1) is 10.2 Å². The number of aliphatic hydroxyl groups is 1. The normalized spacial score (nSPS) is 15.2. The molecule has 0 radical (unpaired) electrons. The third-order valence-corrected chi connectivity index (χ3v) is 7.33. The summed E-state index contributed by atoms with van der Waals surface area (Å²) in [5, 5.41) is 18.7. The van der Waals surface area contributed by atoms with E-state index in [9.17, 15) is 27.9 Å². The summed E-state index contributed by atoms with van der Waals surface area (Å²) >= 11 is 5.94. The lowest BCUT2D eigenvalue weighted by Gasteiger charge is -2.34. The molecular weight excluding hydrogens is 577 g/mol. The number of benzene rings is 2. The molecule has 2 aromatic carbocycles. The Labute approximate surface area is 243 Å². The van der Waals surface area contributed by atoms with E-state index in [0.717, 1.165) is 28.9 Å². The van der Waals surface area contributed by atoms with Crippen LogP contribution in [-0.2, 0) is 13.1 Å². The van der Waals surface area contributed by atoms with E-state index in [1.807, 2.05) is 0 Å². The Morgan fingerprint density at radius 3 is 2.40 bits per heavy atom. The first-order chi connectivity index (χ1) is 20.0. The quantitative estimate of drug-likeness (QED) is 0.329. The van der Waals surface area contributed by atoms with Crippen LogP contribution < -0.4 is 5.69 Å². The van der Waals surface area contributed by atoms with E-state index in [0.29, 0.717) is 34.9 Å². The first-order valence-corrected chi connectivity index (χ1v) is 13.6. The minimum Gasteiger partial charge on any atom is -0.382 e. The van der Waals surface area contributed by atoms with E-state index in [2.05, 4.69) is 27.0 Å². The largest absolute Gasteiger partial charge is 0.416 e. The lowest BCUT2D eigenvalue weighted by Crippen LogP contribution is -2.48. The van der Waals surface area contributed by atoms with Crippen LogP contribution in [0.2, 0.25) is 5.02 Å². The highest BCUT2D eigenvalue weighted by molar-refractivity contribution is 6.30. The number of hydrogen-bond acceptors (Lipinski definition) is 7. The molecule has 42 heavy (non-hydrogen) atoms. The smallest absolute Gasteiger partial charge is 0.382 e. The molecule has 2 aromatic heterocycles. The van der Waals surface area contributed by atoms with Gasteiger partial charge in [-0.1, -0.05) is 30.7 Å². The molecule has 0 bridgehead atoms. The summed E-state index contributed by atoms with van der Waals surface area (Å²) in [5.41, 5.74) is 0.371. The number of aliphatic hydroxyl groups excluding tert-OH is 1. The molecule has 3 heterocycles. The molecule has 1 aliphatic rings. The van der Waals surface area contributed by atoms with Crippen LogP contribution in [0.1, 0.15) is 23.1 Å². The van der Waals surface area contributed by atoms with Crippen molar-refractivity contribution in [3.63, 3.8) is 0 Å². The number of amides is 1. The van der Waals surface area contributed by atoms with Crippen LogP contribution in [-0.4, -0.2) is 94.9 Å². The SMILES string of the molecule is CCN1CCN(C(=O)c2ccccc2-n2cnc(Cn3nc(-c4ccc(Cl)cc4)n(CC(O)C(F)(F)F)c3=O)n2)CC1. The molecule has 1 N–H and O–H groups in total. The highest BCUT2D eigenvalue weighted by Crippen LogP contribution is 2.24. The highest BCUT2D eigenvalue weighted by atomic mass is 35.5. The van der Waals surface area contributed by atoms with Gasteiger partial charge < -0.3 is 14.9 Å². The van der Waals surface area contributed by atoms with Crippen LogP contribution in [0.5, 0.6) is 0 Å². The predicted octanol–water partition coefficient (Wildman–Crippen LogP) is 2.70. The molecular formula is C27H28ClF3N8O3. The Morgan fingerprint density at radius 1 is 1.05 bits per heavy atom. The Balaban J connectivity index is 1.42. The molecule has 0 aliphatic carbocycles. The van der Waals surface area contributed by atoms with Crippen molar-refractivity contribution in [1.82, 2.24) is 38.9 Å². The second kappa shape index (κ2) is 12.1. The molecule has 1 aliphatic heterocycles. The van der Waals surface area contributed by atoms with E-state index in [1.54, 1.807) is 29.2 Å². The zero-order valence-electron chi connectivity index (χ0n) is 22.6. The van der Waals surface area contributed by atoms with Crippen molar-refractivity contribution in [2.24, 2.45) is 0 Å². The monoisotopic (exact) mass is 604 g/mol. The van der Waals surface area contributed by atoms with Crippen LogP contribution in [0, 0.1) is 0 Å². The average molecular weight is 605 g/mol. The summed E-state index contributed by atoms with van der Waals surface area (Å²) in [7, 11) is 0. The number of halogens is 4. The summed E-state index contributed by atoms with van der Waals surface area (Å²) in [6, 6.07) is 13.0. The number of alkyl halides is 3. The number of likely N-dealkylation sites (N-methyl/N-ethyl adjacent to an activating group) is 1. The minimum absolute atomic E-state index is 0.0847. The number of rotatable bonds is 8. The topological polar surface area (TPSA) is 114 Å². The summed E-state index contributed by atoms with van der Waals surface area (Å²) in [4.78, 5) is 34.9. The summed E-state index contributed by atoms with van der Waals surface area (Å²) < 4.78 is 42.6. The number of piperazine rings is 1. The second-order valence-corrected chi connectivity index (χ2v) is 10.2. The van der Waals surface area contributed by atoms with Crippen LogP contribution >= 0.6 is 11.6 Å². The first kappa shape index (κ1) is 29.5. The number of hydrogen-bond donors (Lipinski definition) is 1. The van der Waals surface area contributed by atoms with Gasteiger partial charge >= 0.3 is 11.9 Å². The number of carbonyl (C=O) groups is 1. The maximum atomic E-state index is 13.4. The molecule has 222 valence electrons. The molecule has 0 spiro atoms. The van der Waals surface area contributed by atoms with Gasteiger partial charge in [0.1, 0.15) is 12.9 Å². The number of aromatic nitrogens is 6. The number of nitrogens with zero attached hydrogens (tertiary/aromatic N) is 8. The van der Waals surface area contributed by atoms with Gasteiger partial charge in [0.2, 0.25) is 0 Å². The average Bonchev–Trinajstić information content (AvgIpc) is 3.57. The van der Waals surface area contributed by atoms with Gasteiger partial charge in [-0.2, -0.15) is 13.2 Å². The zero-order chi connectivity index (χ0) is 30.0. The maximum Gasteiger partial charge on any atom is 0.416 e. The van der Waals surface area contributed by atoms with Crippen molar-refractivity contribution in [2.45, 2.75) is 32.3 Å². The van der Waals surface area contributed by atoms with Crippen molar-refractivity contribution >= 4 is 17.5 Å². The van der Waals surface area contributed by atoms with E-state index in [4.69, 9.17) is 11.6 Å². The van der Waals surface area contributed by atoms with Crippen LogP contribution in [0.3, 0.4) is 0 Å². The molecule has 1 atom stereocenters. The third-order valence-electron chi connectivity index (χ3n) is 7.08. The minimum atomic E-state index is -4.94. The van der Waals surface area contributed by atoms with E-state index >= 15 is 0 Å². The Morgan fingerprint density at radius 2 is 1.74 bits per heavy atom. The number of carbonyl (C=O) groups excluding carboxylic acids is 1. The molecule has 15 heteroatoms. The third kappa shape index (κ3) is 6.25. The summed E-state index contributed by atoms with van der Waals surface area (Å²) in [6.07, 6.45) is -6.32. The van der Waals surface area contributed by atoms with Crippen molar-refractivity contribution in [3.8, 4) is 17.1 Å². The van der Waals surface area contributed by atoms with Crippen molar-refractivity contribution in [3.05, 3.63) is 81.8 Å². The van der Waals surface area contributed by atoms with E-state index in [-0.39, 0.29) is 24.1 Å². The van der Waals surface area contributed by atoms with Gasteiger partial charge in [0, 0.05) is 36.8 Å². The first-order valence-electron chi connectivity index (χ1n) is 13.2. The molecule has 5 rings (SSSR count). The molecule has 4 aromatic rings. The molecule has 1 fully saturated rings. The second-order valence-electron chi connectivity index (χ2n) is 9.79. The van der Waals surface area contributed by atoms with Crippen molar-refractivity contribution in [1.29, 1.82) is 0 Å². The van der Waals surface area contributed by atoms with Gasteiger partial charge in [0.25, 0.3) is 5.91 Å². The lowest BCUT2D eigenvalue weighted by atomic mass is 10.1. The van der Waals surface area contributed by atoms with Crippen LogP contribution in [0.15, 0.2) is 59.7 Å². The molecule has 1 saturated heterocycles. The van der Waals surface area contributed by atoms with Crippen LogP contribution in [0.4, 0.5) is 13.2 Å². The van der Waals surface area contributed by atoms with Crippen molar-refractivity contribution in [2.75, 3.05) is 32.7 Å². The standard InChI is InChI=1S/C27H28ClF3N8O3/c1-2-35-11-13-36(14-12-35)25(41)20-5-3-4-6-21(20)39-17-32-23(33-39)16-38-26(42)37(15-22(40)27(29,30)31)24(34-38)18-7-9-19(28)10-8-18/h3-10,17,22,40H,2,11-16H2,1H3. The van der Waals surface area contributed by atoms with Gasteiger partial charge in [0.15, 0.2) is 17.8 Å². The molecule has 0 saturated carbocycles. The summed E-state index contributed by atoms with van der Waals surface area (Å²) in [6.45, 7) is 4.47. The van der Waals surface area contributed by atoms with Gasteiger partial charge in [-0.3, -0.25) is 9.36 Å². The fourth-order valence-electron chi connectivity index (χ4n) is 4.71. The Kier molecular flexibility index (Phi) is 8.48. The fourth-order valence-corrected chi connectivity index (χ4v) is 4.84. The van der Waals surface area contributed by atoms with E-state index < -0.39 is 24.5 Å². The molecule has 1 amide bonds. The Bertz CT molecular complexity index is 1610. The van der Waals surface area contributed by atoms with Gasteiger partial charge in [0.05, 0.1) is 17.8 Å². The lowest BCUT2D eigenvalue weighted by molar-refractivity contribution is -0.207. The molecule has 1 unspecified atom stereocenters. The number of para-hydroxylation sites is 1. The summed E-state index contributed by atoms with van der Waals surface area (Å²) in [5.74, 6) is -0.0812. The van der Waals surface area contributed by atoms with E-state index in [1.165, 1.54) is 35.3 Å². The van der Waals surface area contributed by atoms with Gasteiger partial charge in [-0.25, -0.2) is 19.1 Å². The zero-order valence-corrected chi connectivity index (χ0v) is 23.3. The maximum absolute atomic E-state index is 13.4. The predicted molar refractivity (Wildman–Crippen MR) is 147 cm³/mol. The molecule has 11 nitrogen and oxygen atoms in total. The van der Waals surface area contributed by atoms with Crippen LogP contribution in [0.25, 0.3) is 17.1 Å². The van der Waals surface area contributed by atoms with Gasteiger partial charge in [-0.05, 0) is 42.9 Å². The fraction of sp³-hybridized carbons (Fsp3) is 0.370. The highest BCUT2D eigenvalue weighted by Gasteiger charge is 2.39. The van der Waals surface area contributed by atoms with Crippen molar-refractivity contribution < 1.29 is 23.1 Å². The Hall–Kier alpha value is -4.01.